The molecule has 1 N–H and O–H groups in total. The summed E-state index contributed by atoms with van der Waals surface area (Å²) in [6.07, 6.45) is -3.89. The number of hydrogen-bond acceptors (Lipinski definition) is 4. The first-order valence-electron chi connectivity index (χ1n) is 11.0. The molecular formula is C23H40F3NO3SSi. The quantitative estimate of drug-likeness (QED) is 0.222. The van der Waals surface area contributed by atoms with Crippen LogP contribution < -0.4 is 4.72 Å². The number of alkyl halides is 3. The van der Waals surface area contributed by atoms with Gasteiger partial charge in [0.25, 0.3) is 0 Å². The summed E-state index contributed by atoms with van der Waals surface area (Å²) in [6.45, 7) is 18.6. The van der Waals surface area contributed by atoms with E-state index >= 15 is 0 Å². The smallest absolute Gasteiger partial charge is 0.416 e. The van der Waals surface area contributed by atoms with Crippen molar-refractivity contribution in [2.24, 2.45) is 0 Å². The van der Waals surface area contributed by atoms with E-state index in [0.29, 0.717) is 25.2 Å². The van der Waals surface area contributed by atoms with Crippen molar-refractivity contribution in [1.29, 1.82) is 0 Å². The zero-order chi connectivity index (χ0) is 25.0. The minimum atomic E-state index is -4.50. The Morgan fingerprint density at radius 2 is 1.66 bits per heavy atom. The summed E-state index contributed by atoms with van der Waals surface area (Å²) in [5.74, 6) is 0. The molecule has 0 bridgehead atoms. The van der Waals surface area contributed by atoms with Gasteiger partial charge in [-0.2, -0.15) is 13.2 Å². The lowest BCUT2D eigenvalue weighted by atomic mass is 9.97. The molecule has 2 atom stereocenters. The van der Waals surface area contributed by atoms with Crippen LogP contribution in [0.25, 0.3) is 0 Å². The van der Waals surface area contributed by atoms with Crippen LogP contribution in [0, 0.1) is 0 Å². The normalized spacial score (nSPS) is 15.7. The van der Waals surface area contributed by atoms with Crippen LogP contribution in [0.4, 0.5) is 13.2 Å². The van der Waals surface area contributed by atoms with Gasteiger partial charge in [-0.15, -0.1) is 4.72 Å². The van der Waals surface area contributed by atoms with Gasteiger partial charge in [0.05, 0.1) is 18.2 Å². The van der Waals surface area contributed by atoms with E-state index in [1.165, 1.54) is 6.07 Å². The summed E-state index contributed by atoms with van der Waals surface area (Å²) in [7, 11) is -1.86. The van der Waals surface area contributed by atoms with E-state index in [0.717, 1.165) is 6.07 Å². The highest BCUT2D eigenvalue weighted by atomic mass is 32.2. The topological polar surface area (TPSA) is 53.5 Å². The molecule has 0 unspecified atom stereocenters. The number of nitrogens with one attached hydrogen (secondary N) is 1. The summed E-state index contributed by atoms with van der Waals surface area (Å²) in [5, 5.41) is 0.102. The molecule has 0 fully saturated rings. The highest BCUT2D eigenvalue weighted by Crippen LogP contribution is 2.37. The molecule has 0 amide bonds. The van der Waals surface area contributed by atoms with Gasteiger partial charge in [0.1, 0.15) is 4.75 Å². The maximum absolute atomic E-state index is 13.7. The number of benzene rings is 1. The minimum Gasteiger partial charge on any atom is -0.598 e. The van der Waals surface area contributed by atoms with E-state index in [1.54, 1.807) is 13.0 Å². The Bertz CT molecular complexity index is 731. The first kappa shape index (κ1) is 29.4. The molecule has 0 heterocycles. The number of ether oxygens (including phenoxy) is 1. The molecule has 4 nitrogen and oxygen atoms in total. The van der Waals surface area contributed by atoms with Crippen LogP contribution in [0.2, 0.25) is 18.1 Å². The number of hydrogen-bond donors (Lipinski definition) is 1. The third kappa shape index (κ3) is 8.65. The van der Waals surface area contributed by atoms with E-state index in [-0.39, 0.29) is 17.2 Å². The average Bonchev–Trinajstić information content (AvgIpc) is 2.61. The van der Waals surface area contributed by atoms with Gasteiger partial charge < -0.3 is 13.7 Å². The molecule has 0 aliphatic heterocycles. The van der Waals surface area contributed by atoms with E-state index in [4.69, 9.17) is 9.16 Å². The zero-order valence-corrected chi connectivity index (χ0v) is 22.7. The summed E-state index contributed by atoms with van der Waals surface area (Å²) >= 11 is -1.41. The number of rotatable bonds is 10. The van der Waals surface area contributed by atoms with Gasteiger partial charge in [-0.25, -0.2) is 0 Å². The molecule has 1 aromatic rings. The van der Waals surface area contributed by atoms with Crippen LogP contribution in [0.5, 0.6) is 0 Å². The van der Waals surface area contributed by atoms with E-state index in [2.05, 4.69) is 38.6 Å². The molecule has 0 spiro atoms. The molecule has 0 radical (unpaired) electrons. The van der Waals surface area contributed by atoms with E-state index in [1.807, 2.05) is 20.8 Å². The summed E-state index contributed by atoms with van der Waals surface area (Å²) in [4.78, 5) is 0. The first-order chi connectivity index (χ1) is 14.4. The van der Waals surface area contributed by atoms with Gasteiger partial charge >= 0.3 is 6.18 Å². The van der Waals surface area contributed by atoms with Crippen molar-refractivity contribution in [3.05, 3.63) is 34.9 Å². The van der Waals surface area contributed by atoms with Crippen molar-refractivity contribution in [2.75, 3.05) is 13.2 Å². The van der Waals surface area contributed by atoms with E-state index < -0.39 is 42.2 Å². The zero-order valence-electron chi connectivity index (χ0n) is 20.9. The van der Waals surface area contributed by atoms with Gasteiger partial charge in [0.2, 0.25) is 0 Å². The standard InChI is InChI=1S/C23H40F3NO3SSi/c1-17(27-31(28)21(2,3)4)18-12-10-13-20(23(24,25)26)19(18)16-29-14-11-15-30-32(8,9)22(5,6)7/h10,12-13,17,27H,11,14-16H2,1-9H3/t17-,31+/m1/s1. The van der Waals surface area contributed by atoms with Crippen LogP contribution in [-0.2, 0) is 33.3 Å². The maximum Gasteiger partial charge on any atom is 0.416 e. The average molecular weight is 496 g/mol. The van der Waals surface area contributed by atoms with Gasteiger partial charge in [-0.1, -0.05) is 32.9 Å². The third-order valence-electron chi connectivity index (χ3n) is 5.77. The highest BCUT2D eigenvalue weighted by molar-refractivity contribution is 7.90. The van der Waals surface area contributed by atoms with Crippen LogP contribution >= 0.6 is 0 Å². The molecule has 0 aromatic heterocycles. The Morgan fingerprint density at radius 3 is 2.16 bits per heavy atom. The van der Waals surface area contributed by atoms with Gasteiger partial charge in [0, 0.05) is 24.6 Å². The molecule has 1 rings (SSSR count). The third-order valence-corrected chi connectivity index (χ3v) is 12.0. The lowest BCUT2D eigenvalue weighted by molar-refractivity contribution is -0.139. The van der Waals surface area contributed by atoms with Crippen molar-refractivity contribution in [3.63, 3.8) is 0 Å². The van der Waals surface area contributed by atoms with Gasteiger partial charge in [-0.05, 0) is 69.4 Å². The molecule has 0 aliphatic rings. The van der Waals surface area contributed by atoms with Crippen molar-refractivity contribution in [1.82, 2.24) is 4.72 Å². The van der Waals surface area contributed by atoms with Crippen LogP contribution in [0.15, 0.2) is 18.2 Å². The lowest BCUT2D eigenvalue weighted by Gasteiger charge is -2.36. The molecule has 1 aromatic carbocycles. The predicted octanol–water partition coefficient (Wildman–Crippen LogP) is 6.75. The van der Waals surface area contributed by atoms with Crippen LogP contribution in [-0.4, -0.2) is 30.8 Å². The van der Waals surface area contributed by atoms with Gasteiger partial charge in [0.15, 0.2) is 8.32 Å². The monoisotopic (exact) mass is 495 g/mol. The highest BCUT2D eigenvalue weighted by Gasteiger charge is 2.37. The van der Waals surface area contributed by atoms with Gasteiger partial charge in [-0.3, -0.25) is 0 Å². The largest absolute Gasteiger partial charge is 0.598 e. The number of halogens is 3. The van der Waals surface area contributed by atoms with Crippen molar-refractivity contribution in [3.8, 4) is 0 Å². The Balaban J connectivity index is 2.87. The Morgan fingerprint density at radius 1 is 1.06 bits per heavy atom. The maximum atomic E-state index is 13.7. The molecule has 0 saturated heterocycles. The molecule has 0 aliphatic carbocycles. The minimum absolute atomic E-state index is 0.0798. The second kappa shape index (κ2) is 11.2. The summed E-state index contributed by atoms with van der Waals surface area (Å²) in [6, 6.07) is 3.55. The fraction of sp³-hybridized carbons (Fsp3) is 0.739. The predicted molar refractivity (Wildman–Crippen MR) is 128 cm³/mol. The fourth-order valence-corrected chi connectivity index (χ4v) is 4.61. The second-order valence-electron chi connectivity index (χ2n) is 10.6. The lowest BCUT2D eigenvalue weighted by Crippen LogP contribution is -2.41. The SMILES string of the molecule is C[C@@H](N[S@@+]([O-])C(C)(C)C)c1cccc(C(F)(F)F)c1COCCCO[Si](C)(C)C(C)(C)C. The molecule has 0 saturated carbocycles. The molecule has 9 heteroatoms. The summed E-state index contributed by atoms with van der Waals surface area (Å²) in [5.41, 5.74) is -0.200. The van der Waals surface area contributed by atoms with Crippen LogP contribution in [0.1, 0.15) is 77.6 Å². The first-order valence-corrected chi connectivity index (χ1v) is 15.0. The Hall–Kier alpha value is -0.583. The van der Waals surface area contributed by atoms with E-state index in [9.17, 15) is 17.7 Å². The molecule has 32 heavy (non-hydrogen) atoms. The Labute approximate surface area is 196 Å². The Kier molecular flexibility index (Phi) is 10.3. The fourth-order valence-electron chi connectivity index (χ4n) is 2.72. The van der Waals surface area contributed by atoms with Crippen molar-refractivity contribution >= 4 is 19.7 Å². The van der Waals surface area contributed by atoms with Crippen molar-refractivity contribution in [2.45, 2.75) is 96.6 Å². The summed E-state index contributed by atoms with van der Waals surface area (Å²) < 4.78 is 67.6. The van der Waals surface area contributed by atoms with Crippen molar-refractivity contribution < 1.29 is 26.9 Å². The molecular weight excluding hydrogens is 455 g/mol. The second-order valence-corrected chi connectivity index (χ2v) is 17.4. The molecule has 186 valence electrons. The van der Waals surface area contributed by atoms with Crippen LogP contribution in [0.3, 0.4) is 0 Å².